The van der Waals surface area contributed by atoms with Crippen LogP contribution in [0.3, 0.4) is 0 Å². The van der Waals surface area contributed by atoms with Crippen LogP contribution in [0.25, 0.3) is 0 Å². The fourth-order valence-corrected chi connectivity index (χ4v) is 3.95. The molecule has 1 saturated heterocycles. The van der Waals surface area contributed by atoms with E-state index in [0.717, 1.165) is 24.8 Å². The number of hydrogen-bond acceptors (Lipinski definition) is 4. The topological polar surface area (TPSA) is 65.5 Å². The molecule has 0 saturated carbocycles. The number of nitrogens with one attached hydrogen (secondary N) is 3. The van der Waals surface area contributed by atoms with Crippen molar-refractivity contribution >= 4 is 12.1 Å². The number of hydrogen-bond donors (Lipinski definition) is 3. The molecule has 2 aromatic carbocycles. The van der Waals surface area contributed by atoms with Gasteiger partial charge in [-0.05, 0) is 41.5 Å². The van der Waals surface area contributed by atoms with Gasteiger partial charge in [0.2, 0.25) is 0 Å². The lowest BCUT2D eigenvalue weighted by Gasteiger charge is -2.29. The lowest BCUT2D eigenvalue weighted by atomic mass is 9.77. The molecular weight excluding hydrogens is 324 g/mol. The average molecular weight is 348 g/mol. The zero-order chi connectivity index (χ0) is 17.9. The first-order chi connectivity index (χ1) is 12.8. The van der Waals surface area contributed by atoms with Gasteiger partial charge in [-0.1, -0.05) is 55.5 Å². The molecule has 0 aromatic heterocycles. The summed E-state index contributed by atoms with van der Waals surface area (Å²) in [6, 6.07) is 16.6. The first-order valence-electron chi connectivity index (χ1n) is 9.27. The molecule has 1 fully saturated rings. The summed E-state index contributed by atoms with van der Waals surface area (Å²) in [5.41, 5.74) is 14.1. The van der Waals surface area contributed by atoms with Crippen LogP contribution < -0.4 is 16.3 Å². The van der Waals surface area contributed by atoms with Gasteiger partial charge in [0.1, 0.15) is 6.04 Å². The van der Waals surface area contributed by atoms with Gasteiger partial charge in [-0.15, -0.1) is 0 Å². The standard InChI is InChI=1S/C21H24N4O/c1-2-14-7-9-15(10-8-14)13-22-25-21(26)20-18-12-11-16-5-3-4-6-17(16)19(18)23-24-20/h3-10,13,18-20,23-24H,2,11-12H2,1H3,(H,25,26)/b22-13+. The number of rotatable bonds is 4. The van der Waals surface area contributed by atoms with Crippen LogP contribution in [-0.4, -0.2) is 18.2 Å². The molecular formula is C21H24N4O. The number of nitrogens with zero attached hydrogens (tertiary/aromatic N) is 1. The number of fused-ring (bicyclic) bond motifs is 3. The highest BCUT2D eigenvalue weighted by Gasteiger charge is 2.43. The Morgan fingerprint density at radius 2 is 2.00 bits per heavy atom. The normalized spacial score (nSPS) is 24.3. The molecule has 3 N–H and O–H groups in total. The molecule has 0 radical (unpaired) electrons. The van der Waals surface area contributed by atoms with Crippen molar-refractivity contribution in [3.8, 4) is 0 Å². The summed E-state index contributed by atoms with van der Waals surface area (Å²) in [6.07, 6.45) is 4.70. The number of carbonyl (C=O) groups is 1. The van der Waals surface area contributed by atoms with Crippen LogP contribution in [0.15, 0.2) is 53.6 Å². The summed E-state index contributed by atoms with van der Waals surface area (Å²) in [4.78, 5) is 12.6. The Morgan fingerprint density at radius 1 is 1.19 bits per heavy atom. The summed E-state index contributed by atoms with van der Waals surface area (Å²) in [5.74, 6) is 0.148. The molecule has 0 bridgehead atoms. The van der Waals surface area contributed by atoms with Crippen molar-refractivity contribution in [3.63, 3.8) is 0 Å². The van der Waals surface area contributed by atoms with Crippen LogP contribution in [0.1, 0.15) is 41.6 Å². The third kappa shape index (κ3) is 3.28. The SMILES string of the molecule is CCc1ccc(/C=N/NC(=O)C2NNC3c4ccccc4CCC23)cc1. The van der Waals surface area contributed by atoms with E-state index in [1.54, 1.807) is 6.21 Å². The molecule has 4 rings (SSSR count). The number of amides is 1. The second-order valence-corrected chi connectivity index (χ2v) is 6.97. The smallest absolute Gasteiger partial charge is 0.258 e. The van der Waals surface area contributed by atoms with Crippen molar-refractivity contribution in [2.75, 3.05) is 0 Å². The zero-order valence-corrected chi connectivity index (χ0v) is 14.9. The zero-order valence-electron chi connectivity index (χ0n) is 14.9. The van der Waals surface area contributed by atoms with Crippen molar-refractivity contribution < 1.29 is 4.79 Å². The van der Waals surface area contributed by atoms with Crippen LogP contribution >= 0.6 is 0 Å². The van der Waals surface area contributed by atoms with Gasteiger partial charge in [0, 0.05) is 5.92 Å². The summed E-state index contributed by atoms with van der Waals surface area (Å²) >= 11 is 0. The van der Waals surface area contributed by atoms with E-state index in [1.807, 2.05) is 12.1 Å². The highest BCUT2D eigenvalue weighted by molar-refractivity contribution is 5.85. The van der Waals surface area contributed by atoms with E-state index in [2.05, 4.69) is 64.7 Å². The lowest BCUT2D eigenvalue weighted by Crippen LogP contribution is -2.44. The van der Waals surface area contributed by atoms with Gasteiger partial charge in [-0.2, -0.15) is 5.10 Å². The highest BCUT2D eigenvalue weighted by Crippen LogP contribution is 2.38. The van der Waals surface area contributed by atoms with Crippen LogP contribution in [0.2, 0.25) is 0 Å². The first-order valence-corrected chi connectivity index (χ1v) is 9.27. The van der Waals surface area contributed by atoms with Crippen LogP contribution in [0.5, 0.6) is 0 Å². The Kier molecular flexibility index (Phi) is 4.82. The van der Waals surface area contributed by atoms with Gasteiger partial charge in [0.05, 0.1) is 12.3 Å². The second-order valence-electron chi connectivity index (χ2n) is 6.97. The Labute approximate surface area is 153 Å². The van der Waals surface area contributed by atoms with Crippen molar-refractivity contribution in [3.05, 3.63) is 70.8 Å². The van der Waals surface area contributed by atoms with Gasteiger partial charge in [-0.25, -0.2) is 16.3 Å². The van der Waals surface area contributed by atoms with Crippen molar-refractivity contribution in [1.29, 1.82) is 0 Å². The molecule has 5 heteroatoms. The van der Waals surface area contributed by atoms with Gasteiger partial charge in [0.15, 0.2) is 0 Å². The summed E-state index contributed by atoms with van der Waals surface area (Å²) in [7, 11) is 0. The van der Waals surface area contributed by atoms with Gasteiger partial charge >= 0.3 is 0 Å². The molecule has 3 unspecified atom stereocenters. The largest absolute Gasteiger partial charge is 0.271 e. The quantitative estimate of drug-likeness (QED) is 0.587. The van der Waals surface area contributed by atoms with E-state index >= 15 is 0 Å². The Morgan fingerprint density at radius 3 is 2.81 bits per heavy atom. The number of aryl methyl sites for hydroxylation is 2. The van der Waals surface area contributed by atoms with E-state index in [0.29, 0.717) is 0 Å². The minimum absolute atomic E-state index is 0.0918. The van der Waals surface area contributed by atoms with Gasteiger partial charge in [-0.3, -0.25) is 4.79 Å². The number of hydrazone groups is 1. The molecule has 2 aromatic rings. The van der Waals surface area contributed by atoms with E-state index in [1.165, 1.54) is 16.7 Å². The summed E-state index contributed by atoms with van der Waals surface area (Å²) in [6.45, 7) is 2.13. The van der Waals surface area contributed by atoms with Crippen molar-refractivity contribution in [2.24, 2.45) is 11.0 Å². The van der Waals surface area contributed by atoms with E-state index in [9.17, 15) is 4.79 Å². The van der Waals surface area contributed by atoms with E-state index in [-0.39, 0.29) is 23.9 Å². The maximum absolute atomic E-state index is 12.6. The number of carbonyl (C=O) groups excluding carboxylic acids is 1. The predicted molar refractivity (Wildman–Crippen MR) is 103 cm³/mol. The summed E-state index contributed by atoms with van der Waals surface area (Å²) in [5, 5.41) is 4.13. The van der Waals surface area contributed by atoms with E-state index in [4.69, 9.17) is 0 Å². The predicted octanol–water partition coefficient (Wildman–Crippen LogP) is 2.48. The van der Waals surface area contributed by atoms with Crippen LogP contribution in [-0.2, 0) is 17.6 Å². The Hall–Kier alpha value is -2.50. The average Bonchev–Trinajstić information content (AvgIpc) is 3.13. The molecule has 1 heterocycles. The molecule has 1 amide bonds. The Balaban J connectivity index is 1.39. The molecule has 0 spiro atoms. The molecule has 3 atom stereocenters. The van der Waals surface area contributed by atoms with Crippen molar-refractivity contribution in [2.45, 2.75) is 38.3 Å². The fraction of sp³-hybridized carbons (Fsp3) is 0.333. The maximum atomic E-state index is 12.6. The van der Waals surface area contributed by atoms with Gasteiger partial charge < -0.3 is 0 Å². The fourth-order valence-electron chi connectivity index (χ4n) is 3.95. The van der Waals surface area contributed by atoms with Crippen LogP contribution in [0.4, 0.5) is 0 Å². The molecule has 134 valence electrons. The minimum atomic E-state index is -0.270. The van der Waals surface area contributed by atoms with Crippen LogP contribution in [0, 0.1) is 5.92 Å². The maximum Gasteiger partial charge on any atom is 0.258 e. The third-order valence-corrected chi connectivity index (χ3v) is 5.45. The minimum Gasteiger partial charge on any atom is -0.271 e. The Bertz CT molecular complexity index is 815. The van der Waals surface area contributed by atoms with E-state index < -0.39 is 0 Å². The molecule has 26 heavy (non-hydrogen) atoms. The number of benzene rings is 2. The monoisotopic (exact) mass is 348 g/mol. The first kappa shape index (κ1) is 16.9. The highest BCUT2D eigenvalue weighted by atomic mass is 16.2. The lowest BCUT2D eigenvalue weighted by molar-refractivity contribution is -0.123. The van der Waals surface area contributed by atoms with Gasteiger partial charge in [0.25, 0.3) is 5.91 Å². The molecule has 1 aliphatic heterocycles. The third-order valence-electron chi connectivity index (χ3n) is 5.45. The summed E-state index contributed by atoms with van der Waals surface area (Å²) < 4.78 is 0. The number of hydrazine groups is 1. The molecule has 2 aliphatic rings. The molecule has 1 aliphatic carbocycles. The van der Waals surface area contributed by atoms with Crippen molar-refractivity contribution in [1.82, 2.24) is 16.3 Å². The molecule has 5 nitrogen and oxygen atoms in total. The second kappa shape index (κ2) is 7.40.